The molecule has 29 heavy (non-hydrogen) atoms. The summed E-state index contributed by atoms with van der Waals surface area (Å²) in [6.07, 6.45) is 3.63. The van der Waals surface area contributed by atoms with Gasteiger partial charge in [-0.05, 0) is 55.0 Å². The van der Waals surface area contributed by atoms with E-state index in [-0.39, 0.29) is 34.2 Å². The number of carbonyl (C=O) groups excluding carboxylic acids is 1. The Kier molecular flexibility index (Phi) is 7.16. The van der Waals surface area contributed by atoms with Crippen LogP contribution in [0.5, 0.6) is 5.75 Å². The predicted molar refractivity (Wildman–Crippen MR) is 113 cm³/mol. The van der Waals surface area contributed by atoms with Crippen LogP contribution in [0.25, 0.3) is 0 Å². The van der Waals surface area contributed by atoms with Crippen molar-refractivity contribution in [2.75, 3.05) is 13.2 Å². The number of rotatable bonds is 8. The van der Waals surface area contributed by atoms with Gasteiger partial charge >= 0.3 is 0 Å². The minimum atomic E-state index is -3.61. The van der Waals surface area contributed by atoms with Crippen molar-refractivity contribution >= 4 is 27.5 Å². The zero-order valence-corrected chi connectivity index (χ0v) is 17.9. The minimum Gasteiger partial charge on any atom is -0.482 e. The summed E-state index contributed by atoms with van der Waals surface area (Å²) < 4.78 is 32.3. The highest BCUT2D eigenvalue weighted by Crippen LogP contribution is 2.30. The SMILES string of the molecule is CCCNS(=O)(=O)c1ccc(OCC(=O)NC2CCCc3ccccc32)c(Cl)c1. The summed E-state index contributed by atoms with van der Waals surface area (Å²) in [5.41, 5.74) is 2.42. The number of aryl methyl sites for hydroxylation is 1. The number of carbonyl (C=O) groups is 1. The van der Waals surface area contributed by atoms with Crippen molar-refractivity contribution < 1.29 is 17.9 Å². The number of nitrogens with one attached hydrogen (secondary N) is 2. The zero-order chi connectivity index (χ0) is 20.9. The third-order valence-corrected chi connectivity index (χ3v) is 6.57. The molecule has 1 atom stereocenters. The first-order valence-corrected chi connectivity index (χ1v) is 11.6. The van der Waals surface area contributed by atoms with Crippen LogP contribution in [0.1, 0.15) is 43.4 Å². The Morgan fingerprint density at radius 3 is 2.79 bits per heavy atom. The first kappa shape index (κ1) is 21.6. The lowest BCUT2D eigenvalue weighted by atomic mass is 9.88. The highest BCUT2D eigenvalue weighted by atomic mass is 35.5. The van der Waals surface area contributed by atoms with Gasteiger partial charge in [0.2, 0.25) is 10.0 Å². The summed E-state index contributed by atoms with van der Waals surface area (Å²) >= 11 is 6.16. The second-order valence-corrected chi connectivity index (χ2v) is 9.16. The van der Waals surface area contributed by atoms with E-state index < -0.39 is 10.0 Å². The number of sulfonamides is 1. The number of ether oxygens (including phenoxy) is 1. The molecule has 3 rings (SSSR count). The standard InChI is InChI=1S/C21H25ClN2O4S/c1-2-12-23-29(26,27)16-10-11-20(18(22)13-16)28-14-21(25)24-19-9-5-7-15-6-3-4-8-17(15)19/h3-4,6,8,10-11,13,19,23H,2,5,7,9,12,14H2,1H3,(H,24,25). The van der Waals surface area contributed by atoms with Crippen molar-refractivity contribution in [3.8, 4) is 5.75 Å². The van der Waals surface area contributed by atoms with Crippen LogP contribution in [-0.4, -0.2) is 27.5 Å². The van der Waals surface area contributed by atoms with Gasteiger partial charge in [0.25, 0.3) is 5.91 Å². The third-order valence-electron chi connectivity index (χ3n) is 4.82. The Morgan fingerprint density at radius 1 is 1.24 bits per heavy atom. The average Bonchev–Trinajstić information content (AvgIpc) is 2.71. The lowest BCUT2D eigenvalue weighted by molar-refractivity contribution is -0.123. The number of benzene rings is 2. The molecule has 0 spiro atoms. The van der Waals surface area contributed by atoms with Crippen LogP contribution in [0, 0.1) is 0 Å². The largest absolute Gasteiger partial charge is 0.482 e. The maximum Gasteiger partial charge on any atom is 0.258 e. The molecule has 8 heteroatoms. The summed E-state index contributed by atoms with van der Waals surface area (Å²) in [6, 6.07) is 12.3. The lowest BCUT2D eigenvalue weighted by Crippen LogP contribution is -2.34. The predicted octanol–water partition coefficient (Wildman–Crippen LogP) is 3.60. The molecule has 1 amide bonds. The fourth-order valence-electron chi connectivity index (χ4n) is 3.37. The van der Waals surface area contributed by atoms with E-state index in [1.807, 2.05) is 25.1 Å². The van der Waals surface area contributed by atoms with Crippen LogP contribution >= 0.6 is 11.6 Å². The third kappa shape index (κ3) is 5.50. The number of hydrogen-bond donors (Lipinski definition) is 2. The van der Waals surface area contributed by atoms with Gasteiger partial charge in [0, 0.05) is 6.54 Å². The van der Waals surface area contributed by atoms with E-state index in [9.17, 15) is 13.2 Å². The molecule has 2 aromatic carbocycles. The number of fused-ring (bicyclic) bond motifs is 1. The molecular weight excluding hydrogens is 412 g/mol. The fraction of sp³-hybridized carbons (Fsp3) is 0.381. The maximum absolute atomic E-state index is 12.4. The molecular formula is C21H25ClN2O4S. The second kappa shape index (κ2) is 9.61. The van der Waals surface area contributed by atoms with Gasteiger partial charge in [-0.2, -0.15) is 0 Å². The molecule has 0 bridgehead atoms. The Balaban J connectivity index is 1.60. The highest BCUT2D eigenvalue weighted by molar-refractivity contribution is 7.89. The van der Waals surface area contributed by atoms with Crippen molar-refractivity contribution in [1.82, 2.24) is 10.0 Å². The van der Waals surface area contributed by atoms with E-state index in [4.69, 9.17) is 16.3 Å². The quantitative estimate of drug-likeness (QED) is 0.662. The molecule has 0 aliphatic heterocycles. The van der Waals surface area contributed by atoms with Crippen LogP contribution < -0.4 is 14.8 Å². The summed E-state index contributed by atoms with van der Waals surface area (Å²) in [5.74, 6) is 0.0179. The minimum absolute atomic E-state index is 0.0244. The Labute approximate surface area is 176 Å². The van der Waals surface area contributed by atoms with E-state index in [0.717, 1.165) is 24.8 Å². The van der Waals surface area contributed by atoms with Crippen molar-refractivity contribution in [2.24, 2.45) is 0 Å². The number of halogens is 1. The molecule has 2 aromatic rings. The molecule has 2 N–H and O–H groups in total. The average molecular weight is 437 g/mol. The Hall–Kier alpha value is -2.09. The Bertz CT molecular complexity index is 978. The van der Waals surface area contributed by atoms with Crippen LogP contribution in [0.2, 0.25) is 5.02 Å². The fourth-order valence-corrected chi connectivity index (χ4v) is 4.83. The van der Waals surface area contributed by atoms with Gasteiger partial charge in [-0.15, -0.1) is 0 Å². The van der Waals surface area contributed by atoms with Gasteiger partial charge in [-0.1, -0.05) is 42.8 Å². The second-order valence-electron chi connectivity index (χ2n) is 6.99. The molecule has 1 aliphatic carbocycles. The molecule has 0 saturated carbocycles. The topological polar surface area (TPSA) is 84.5 Å². The van der Waals surface area contributed by atoms with Crippen LogP contribution in [0.15, 0.2) is 47.4 Å². The van der Waals surface area contributed by atoms with Gasteiger partial charge in [0.15, 0.2) is 6.61 Å². The van der Waals surface area contributed by atoms with E-state index in [1.165, 1.54) is 23.8 Å². The molecule has 0 fully saturated rings. The maximum atomic E-state index is 12.4. The van der Waals surface area contributed by atoms with E-state index in [1.54, 1.807) is 0 Å². The summed E-state index contributed by atoms with van der Waals surface area (Å²) in [6.45, 7) is 2.03. The molecule has 6 nitrogen and oxygen atoms in total. The molecule has 1 aliphatic rings. The van der Waals surface area contributed by atoms with Crippen molar-refractivity contribution in [1.29, 1.82) is 0 Å². The lowest BCUT2D eigenvalue weighted by Gasteiger charge is -2.26. The number of amides is 1. The van der Waals surface area contributed by atoms with E-state index in [2.05, 4.69) is 16.1 Å². The van der Waals surface area contributed by atoms with Crippen molar-refractivity contribution in [3.05, 3.63) is 58.6 Å². The molecule has 0 aromatic heterocycles. The van der Waals surface area contributed by atoms with Gasteiger partial charge in [0.1, 0.15) is 5.75 Å². The van der Waals surface area contributed by atoms with Crippen molar-refractivity contribution in [2.45, 2.75) is 43.5 Å². The normalized spacial score (nSPS) is 16.1. The molecule has 0 heterocycles. The zero-order valence-electron chi connectivity index (χ0n) is 16.3. The highest BCUT2D eigenvalue weighted by Gasteiger charge is 2.22. The molecule has 1 unspecified atom stereocenters. The molecule has 0 radical (unpaired) electrons. The van der Waals surface area contributed by atoms with Crippen LogP contribution in [0.4, 0.5) is 0 Å². The summed E-state index contributed by atoms with van der Waals surface area (Å²) in [4.78, 5) is 12.4. The number of hydrogen-bond acceptors (Lipinski definition) is 4. The molecule has 156 valence electrons. The summed E-state index contributed by atoms with van der Waals surface area (Å²) in [5, 5.41) is 3.15. The van der Waals surface area contributed by atoms with Gasteiger partial charge < -0.3 is 10.1 Å². The first-order chi connectivity index (χ1) is 13.9. The summed E-state index contributed by atoms with van der Waals surface area (Å²) in [7, 11) is -3.61. The van der Waals surface area contributed by atoms with Crippen LogP contribution in [0.3, 0.4) is 0 Å². The first-order valence-electron chi connectivity index (χ1n) is 9.70. The smallest absolute Gasteiger partial charge is 0.258 e. The van der Waals surface area contributed by atoms with Gasteiger partial charge in [0.05, 0.1) is 16.0 Å². The van der Waals surface area contributed by atoms with Gasteiger partial charge in [-0.25, -0.2) is 13.1 Å². The van der Waals surface area contributed by atoms with Gasteiger partial charge in [-0.3, -0.25) is 4.79 Å². The van der Waals surface area contributed by atoms with Crippen molar-refractivity contribution in [3.63, 3.8) is 0 Å². The van der Waals surface area contributed by atoms with Crippen LogP contribution in [-0.2, 0) is 21.2 Å². The monoisotopic (exact) mass is 436 g/mol. The van der Waals surface area contributed by atoms with E-state index >= 15 is 0 Å². The van der Waals surface area contributed by atoms with E-state index in [0.29, 0.717) is 13.0 Å². The molecule has 0 saturated heterocycles. The Morgan fingerprint density at radius 2 is 2.03 bits per heavy atom.